The highest BCUT2D eigenvalue weighted by Gasteiger charge is 2.17. The molecule has 7 heteroatoms. The van der Waals surface area contributed by atoms with E-state index in [1.807, 2.05) is 23.9 Å². The first-order chi connectivity index (χ1) is 11.6. The second-order valence-electron chi connectivity index (χ2n) is 6.75. The maximum atomic E-state index is 5.79. The first-order valence-electron chi connectivity index (χ1n) is 8.80. The lowest BCUT2D eigenvalue weighted by molar-refractivity contribution is 0.0194. The molecule has 2 N–H and O–H groups in total. The van der Waals surface area contributed by atoms with Crippen molar-refractivity contribution in [3.05, 3.63) is 24.2 Å². The molecule has 0 spiro atoms. The highest BCUT2D eigenvalue weighted by Crippen LogP contribution is 2.21. The van der Waals surface area contributed by atoms with Crippen LogP contribution in [0.4, 0.5) is 0 Å². The van der Waals surface area contributed by atoms with Crippen LogP contribution in [0.2, 0.25) is 0 Å². The Labute approximate surface area is 173 Å². The summed E-state index contributed by atoms with van der Waals surface area (Å²) >= 11 is 1.83. The standard InChI is InChI=1S/C18H31N3O2S.HI/c1-18(2,24-3)14-21-17(19-10-9-15-8-6-12-22-15)20-13-16-7-4-5-11-23-16;/h6,8,12,16H,4-5,7,9-11,13-14H2,1-3H3,(H2,19,20,21);1H. The van der Waals surface area contributed by atoms with E-state index in [1.54, 1.807) is 6.26 Å². The van der Waals surface area contributed by atoms with Crippen molar-refractivity contribution in [1.29, 1.82) is 0 Å². The smallest absolute Gasteiger partial charge is 0.191 e. The Kier molecular flexibility index (Phi) is 10.9. The number of aliphatic imine (C=N–C) groups is 1. The summed E-state index contributed by atoms with van der Waals surface area (Å²) in [7, 11) is 0. The highest BCUT2D eigenvalue weighted by atomic mass is 127. The van der Waals surface area contributed by atoms with E-state index in [9.17, 15) is 0 Å². The third-order valence-electron chi connectivity index (χ3n) is 4.19. The van der Waals surface area contributed by atoms with Gasteiger partial charge in [0.15, 0.2) is 5.96 Å². The maximum absolute atomic E-state index is 5.79. The fourth-order valence-electron chi connectivity index (χ4n) is 2.45. The second-order valence-corrected chi connectivity index (χ2v) is 8.27. The third-order valence-corrected chi connectivity index (χ3v) is 5.42. The predicted molar refractivity (Wildman–Crippen MR) is 117 cm³/mol. The van der Waals surface area contributed by atoms with Crippen molar-refractivity contribution in [2.75, 3.05) is 32.5 Å². The van der Waals surface area contributed by atoms with Crippen LogP contribution < -0.4 is 10.6 Å². The Hall–Kier alpha value is -0.410. The Bertz CT molecular complexity index is 489. The summed E-state index contributed by atoms with van der Waals surface area (Å²) in [5.41, 5.74) is 0. The summed E-state index contributed by atoms with van der Waals surface area (Å²) in [6.45, 7) is 7.69. The SMILES string of the molecule is CSC(C)(C)CN=C(NCCc1ccco1)NCC1CCCCO1.I. The van der Waals surface area contributed by atoms with Gasteiger partial charge in [-0.3, -0.25) is 4.99 Å². The number of furan rings is 1. The molecule has 2 heterocycles. The zero-order valence-electron chi connectivity index (χ0n) is 15.5. The third kappa shape index (κ3) is 9.19. The van der Waals surface area contributed by atoms with Gasteiger partial charge in [0, 0.05) is 30.9 Å². The number of rotatable bonds is 8. The van der Waals surface area contributed by atoms with Crippen molar-refractivity contribution in [2.24, 2.45) is 4.99 Å². The summed E-state index contributed by atoms with van der Waals surface area (Å²) < 4.78 is 11.3. The van der Waals surface area contributed by atoms with Gasteiger partial charge in [-0.05, 0) is 51.5 Å². The quantitative estimate of drug-likeness (QED) is 0.337. The lowest BCUT2D eigenvalue weighted by Gasteiger charge is -2.24. The van der Waals surface area contributed by atoms with Gasteiger partial charge in [0.1, 0.15) is 5.76 Å². The molecule has 1 atom stereocenters. The van der Waals surface area contributed by atoms with E-state index in [0.717, 1.165) is 50.8 Å². The lowest BCUT2D eigenvalue weighted by atomic mass is 10.1. The molecule has 1 saturated heterocycles. The van der Waals surface area contributed by atoms with E-state index in [1.165, 1.54) is 12.8 Å². The van der Waals surface area contributed by atoms with Crippen molar-refractivity contribution in [1.82, 2.24) is 10.6 Å². The second kappa shape index (κ2) is 12.1. The molecule has 1 unspecified atom stereocenters. The van der Waals surface area contributed by atoms with Crippen LogP contribution >= 0.6 is 35.7 Å². The number of guanidine groups is 1. The van der Waals surface area contributed by atoms with Crippen LogP contribution in [0.1, 0.15) is 38.9 Å². The van der Waals surface area contributed by atoms with Crippen LogP contribution in [0.15, 0.2) is 27.8 Å². The summed E-state index contributed by atoms with van der Waals surface area (Å²) in [6.07, 6.45) is 8.55. The minimum atomic E-state index is 0. The highest BCUT2D eigenvalue weighted by molar-refractivity contribution is 14.0. The molecule has 1 fully saturated rings. The molecule has 0 aliphatic carbocycles. The number of halogens is 1. The number of hydrogen-bond acceptors (Lipinski definition) is 4. The van der Waals surface area contributed by atoms with Crippen LogP contribution in [0.5, 0.6) is 0 Å². The molecule has 2 rings (SSSR count). The molecule has 0 bridgehead atoms. The van der Waals surface area contributed by atoms with Crippen molar-refractivity contribution in [3.8, 4) is 0 Å². The molecule has 0 saturated carbocycles. The Morgan fingerprint density at radius 3 is 2.84 bits per heavy atom. The maximum Gasteiger partial charge on any atom is 0.191 e. The number of thioether (sulfide) groups is 1. The van der Waals surface area contributed by atoms with Crippen LogP contribution in [0, 0.1) is 0 Å². The Morgan fingerprint density at radius 2 is 2.20 bits per heavy atom. The van der Waals surface area contributed by atoms with Crippen molar-refractivity contribution in [2.45, 2.75) is 50.4 Å². The normalized spacial score (nSPS) is 18.5. The molecular weight excluding hydrogens is 449 g/mol. The molecule has 0 radical (unpaired) electrons. The van der Waals surface area contributed by atoms with Crippen molar-refractivity contribution in [3.63, 3.8) is 0 Å². The van der Waals surface area contributed by atoms with E-state index in [2.05, 4.69) is 30.7 Å². The van der Waals surface area contributed by atoms with Gasteiger partial charge in [0.25, 0.3) is 0 Å². The van der Waals surface area contributed by atoms with Crippen LogP contribution in [0.3, 0.4) is 0 Å². The van der Waals surface area contributed by atoms with E-state index >= 15 is 0 Å². The largest absolute Gasteiger partial charge is 0.469 e. The monoisotopic (exact) mass is 481 g/mol. The van der Waals surface area contributed by atoms with E-state index in [4.69, 9.17) is 14.1 Å². The molecule has 144 valence electrons. The topological polar surface area (TPSA) is 58.8 Å². The minimum absolute atomic E-state index is 0. The van der Waals surface area contributed by atoms with Gasteiger partial charge >= 0.3 is 0 Å². The van der Waals surface area contributed by atoms with Crippen LogP contribution in [-0.4, -0.2) is 49.3 Å². The van der Waals surface area contributed by atoms with E-state index in [-0.39, 0.29) is 28.7 Å². The summed E-state index contributed by atoms with van der Waals surface area (Å²) in [5.74, 6) is 1.85. The van der Waals surface area contributed by atoms with E-state index in [0.29, 0.717) is 6.10 Å². The van der Waals surface area contributed by atoms with Gasteiger partial charge < -0.3 is 19.8 Å². The fourth-order valence-corrected chi connectivity index (χ4v) is 2.64. The summed E-state index contributed by atoms with van der Waals surface area (Å²) in [6, 6.07) is 3.92. The number of hydrogen-bond donors (Lipinski definition) is 2. The van der Waals surface area contributed by atoms with Crippen molar-refractivity contribution >= 4 is 41.7 Å². The van der Waals surface area contributed by atoms with Crippen molar-refractivity contribution < 1.29 is 9.15 Å². The molecular formula is C18H32IN3O2S. The average molecular weight is 481 g/mol. The van der Waals surface area contributed by atoms with Crippen LogP contribution in [-0.2, 0) is 11.2 Å². The Balaban J connectivity index is 0.00000312. The molecule has 25 heavy (non-hydrogen) atoms. The first kappa shape index (κ1) is 22.6. The molecule has 1 aliphatic rings. The Morgan fingerprint density at radius 1 is 1.36 bits per heavy atom. The van der Waals surface area contributed by atoms with Gasteiger partial charge in [-0.25, -0.2) is 0 Å². The molecule has 5 nitrogen and oxygen atoms in total. The van der Waals surface area contributed by atoms with E-state index < -0.39 is 0 Å². The number of nitrogens with one attached hydrogen (secondary N) is 2. The molecule has 1 aromatic heterocycles. The van der Waals surface area contributed by atoms with Gasteiger partial charge in [-0.2, -0.15) is 11.8 Å². The average Bonchev–Trinajstić information content (AvgIpc) is 3.11. The first-order valence-corrected chi connectivity index (χ1v) is 10.0. The van der Waals surface area contributed by atoms with Gasteiger partial charge in [0.05, 0.1) is 18.9 Å². The minimum Gasteiger partial charge on any atom is -0.469 e. The van der Waals surface area contributed by atoms with Gasteiger partial charge in [-0.15, -0.1) is 24.0 Å². The molecule has 0 aromatic carbocycles. The van der Waals surface area contributed by atoms with Gasteiger partial charge in [0.2, 0.25) is 0 Å². The molecule has 0 amide bonds. The summed E-state index contributed by atoms with van der Waals surface area (Å²) in [5, 5.41) is 6.85. The summed E-state index contributed by atoms with van der Waals surface area (Å²) in [4.78, 5) is 4.76. The molecule has 1 aromatic rings. The zero-order chi connectivity index (χ0) is 17.3. The fraction of sp³-hybridized carbons (Fsp3) is 0.722. The lowest BCUT2D eigenvalue weighted by Crippen LogP contribution is -2.43. The zero-order valence-corrected chi connectivity index (χ0v) is 18.7. The predicted octanol–water partition coefficient (Wildman–Crippen LogP) is 3.69. The number of ether oxygens (including phenoxy) is 1. The molecule has 1 aliphatic heterocycles. The van der Waals surface area contributed by atoms with Crippen LogP contribution in [0.25, 0.3) is 0 Å². The van der Waals surface area contributed by atoms with Gasteiger partial charge in [-0.1, -0.05) is 0 Å². The number of nitrogens with zero attached hydrogens (tertiary/aromatic N) is 1.